The molecule has 0 aliphatic heterocycles. The third kappa shape index (κ3) is 4.38. The summed E-state index contributed by atoms with van der Waals surface area (Å²) in [7, 11) is 1.59. The molecule has 1 aliphatic rings. The maximum Gasteiger partial charge on any atom is 0.251 e. The first-order valence-corrected chi connectivity index (χ1v) is 7.75. The molecule has 0 unspecified atom stereocenters. The highest BCUT2D eigenvalue weighted by Crippen LogP contribution is 2.29. The molecule has 2 rings (SSSR count). The van der Waals surface area contributed by atoms with Crippen LogP contribution in [0.3, 0.4) is 0 Å². The van der Waals surface area contributed by atoms with E-state index in [9.17, 15) is 4.79 Å². The van der Waals surface area contributed by atoms with Gasteiger partial charge < -0.3 is 14.8 Å². The molecule has 0 bridgehead atoms. The lowest BCUT2D eigenvalue weighted by molar-refractivity contribution is 0.0927. The van der Waals surface area contributed by atoms with Crippen LogP contribution in [0.4, 0.5) is 0 Å². The number of benzene rings is 1. The smallest absolute Gasteiger partial charge is 0.251 e. The molecular weight excluding hydrogens is 266 g/mol. The Morgan fingerprint density at radius 2 is 1.90 bits per heavy atom. The van der Waals surface area contributed by atoms with E-state index in [1.165, 1.54) is 19.3 Å². The van der Waals surface area contributed by atoms with Crippen molar-refractivity contribution in [2.24, 2.45) is 0 Å². The van der Waals surface area contributed by atoms with E-state index < -0.39 is 0 Å². The van der Waals surface area contributed by atoms with Crippen LogP contribution in [0.5, 0.6) is 11.5 Å². The highest BCUT2D eigenvalue weighted by molar-refractivity contribution is 5.95. The molecule has 0 radical (unpaired) electrons. The summed E-state index contributed by atoms with van der Waals surface area (Å²) in [5.41, 5.74) is 0.619. The maximum absolute atomic E-state index is 12.3. The van der Waals surface area contributed by atoms with Crippen molar-refractivity contribution in [3.63, 3.8) is 0 Å². The molecule has 4 heteroatoms. The highest BCUT2D eigenvalue weighted by Gasteiger charge is 2.18. The number of carbonyl (C=O) groups is 1. The van der Waals surface area contributed by atoms with Crippen molar-refractivity contribution in [2.75, 3.05) is 7.11 Å². The summed E-state index contributed by atoms with van der Waals surface area (Å²) in [6, 6.07) is 5.65. The lowest BCUT2D eigenvalue weighted by Crippen LogP contribution is -2.36. The van der Waals surface area contributed by atoms with Crippen molar-refractivity contribution in [1.29, 1.82) is 0 Å². The number of hydrogen-bond donors (Lipinski definition) is 1. The number of hydrogen-bond acceptors (Lipinski definition) is 3. The SMILES string of the molecule is COc1cc(C(=O)NC2CCCCC2)ccc1OC(C)C. The van der Waals surface area contributed by atoms with E-state index in [4.69, 9.17) is 9.47 Å². The van der Waals surface area contributed by atoms with Gasteiger partial charge in [0.25, 0.3) is 5.91 Å². The number of nitrogens with one attached hydrogen (secondary N) is 1. The van der Waals surface area contributed by atoms with Crippen LogP contribution in [0.25, 0.3) is 0 Å². The summed E-state index contributed by atoms with van der Waals surface area (Å²) in [5.74, 6) is 1.23. The molecule has 1 aromatic rings. The van der Waals surface area contributed by atoms with Gasteiger partial charge in [0, 0.05) is 11.6 Å². The predicted molar refractivity (Wildman–Crippen MR) is 83.1 cm³/mol. The molecule has 1 aromatic carbocycles. The summed E-state index contributed by atoms with van der Waals surface area (Å²) in [6.07, 6.45) is 5.92. The predicted octanol–water partition coefficient (Wildman–Crippen LogP) is 3.54. The summed E-state index contributed by atoms with van der Waals surface area (Å²) >= 11 is 0. The van der Waals surface area contributed by atoms with Crippen LogP contribution >= 0.6 is 0 Å². The van der Waals surface area contributed by atoms with Gasteiger partial charge in [0.15, 0.2) is 11.5 Å². The Morgan fingerprint density at radius 1 is 1.19 bits per heavy atom. The monoisotopic (exact) mass is 291 g/mol. The zero-order chi connectivity index (χ0) is 15.2. The van der Waals surface area contributed by atoms with Crippen LogP contribution in [-0.4, -0.2) is 25.2 Å². The molecule has 116 valence electrons. The van der Waals surface area contributed by atoms with Crippen LogP contribution in [0.1, 0.15) is 56.3 Å². The van der Waals surface area contributed by atoms with Gasteiger partial charge >= 0.3 is 0 Å². The fourth-order valence-electron chi connectivity index (χ4n) is 2.68. The Balaban J connectivity index is 2.06. The Morgan fingerprint density at radius 3 is 2.52 bits per heavy atom. The molecular formula is C17H25NO3. The maximum atomic E-state index is 12.3. The summed E-state index contributed by atoms with van der Waals surface area (Å²) in [6.45, 7) is 3.92. The number of amides is 1. The van der Waals surface area contributed by atoms with Gasteiger partial charge in [0.2, 0.25) is 0 Å². The van der Waals surface area contributed by atoms with E-state index in [-0.39, 0.29) is 12.0 Å². The lowest BCUT2D eigenvalue weighted by Gasteiger charge is -2.23. The van der Waals surface area contributed by atoms with Crippen LogP contribution in [-0.2, 0) is 0 Å². The lowest BCUT2D eigenvalue weighted by atomic mass is 9.95. The number of carbonyl (C=O) groups excluding carboxylic acids is 1. The van der Waals surface area contributed by atoms with E-state index in [0.717, 1.165) is 12.8 Å². The van der Waals surface area contributed by atoms with Gasteiger partial charge in [-0.1, -0.05) is 19.3 Å². The minimum absolute atomic E-state index is 0.0312. The third-order valence-electron chi connectivity index (χ3n) is 3.73. The molecule has 1 amide bonds. The Hall–Kier alpha value is -1.71. The second-order valence-electron chi connectivity index (χ2n) is 5.84. The molecule has 1 aliphatic carbocycles. The normalized spacial score (nSPS) is 15.8. The van der Waals surface area contributed by atoms with Crippen molar-refractivity contribution < 1.29 is 14.3 Å². The van der Waals surface area contributed by atoms with Crippen LogP contribution in [0.2, 0.25) is 0 Å². The molecule has 21 heavy (non-hydrogen) atoms. The molecule has 0 heterocycles. The molecule has 0 aromatic heterocycles. The van der Waals surface area contributed by atoms with Gasteiger partial charge in [-0.25, -0.2) is 0 Å². The quantitative estimate of drug-likeness (QED) is 0.902. The Labute approximate surface area is 126 Å². The minimum atomic E-state index is -0.0312. The first-order valence-electron chi connectivity index (χ1n) is 7.75. The van der Waals surface area contributed by atoms with E-state index in [2.05, 4.69) is 5.32 Å². The van der Waals surface area contributed by atoms with Gasteiger partial charge in [-0.15, -0.1) is 0 Å². The molecule has 1 N–H and O–H groups in total. The van der Waals surface area contributed by atoms with Gasteiger partial charge in [-0.3, -0.25) is 4.79 Å². The van der Waals surface area contributed by atoms with Crippen molar-refractivity contribution in [3.05, 3.63) is 23.8 Å². The fraction of sp³-hybridized carbons (Fsp3) is 0.588. The fourth-order valence-corrected chi connectivity index (χ4v) is 2.68. The van der Waals surface area contributed by atoms with E-state index in [1.807, 2.05) is 13.8 Å². The summed E-state index contributed by atoms with van der Waals surface area (Å²) in [4.78, 5) is 12.3. The molecule has 4 nitrogen and oxygen atoms in total. The Kier molecular flexibility index (Phi) is 5.48. The van der Waals surface area contributed by atoms with Gasteiger partial charge in [0.1, 0.15) is 0 Å². The van der Waals surface area contributed by atoms with Crippen molar-refractivity contribution >= 4 is 5.91 Å². The van der Waals surface area contributed by atoms with E-state index >= 15 is 0 Å². The number of ether oxygens (including phenoxy) is 2. The van der Waals surface area contributed by atoms with Crippen LogP contribution in [0, 0.1) is 0 Å². The van der Waals surface area contributed by atoms with E-state index in [1.54, 1.807) is 25.3 Å². The van der Waals surface area contributed by atoms with E-state index in [0.29, 0.717) is 23.1 Å². The van der Waals surface area contributed by atoms with Crippen molar-refractivity contribution in [2.45, 2.75) is 58.1 Å². The topological polar surface area (TPSA) is 47.6 Å². The van der Waals surface area contributed by atoms with Crippen molar-refractivity contribution in [1.82, 2.24) is 5.32 Å². The first-order chi connectivity index (χ1) is 10.1. The second-order valence-corrected chi connectivity index (χ2v) is 5.84. The standard InChI is InChI=1S/C17H25NO3/c1-12(2)21-15-10-9-13(11-16(15)20-3)17(19)18-14-7-5-4-6-8-14/h9-12,14H,4-8H2,1-3H3,(H,18,19). The molecule has 1 fully saturated rings. The highest BCUT2D eigenvalue weighted by atomic mass is 16.5. The average molecular weight is 291 g/mol. The molecule has 0 spiro atoms. The number of rotatable bonds is 5. The average Bonchev–Trinajstić information content (AvgIpc) is 2.48. The van der Waals surface area contributed by atoms with Crippen molar-refractivity contribution in [3.8, 4) is 11.5 Å². The first kappa shape index (κ1) is 15.7. The summed E-state index contributed by atoms with van der Waals surface area (Å²) in [5, 5.41) is 3.11. The molecule has 0 saturated heterocycles. The van der Waals surface area contributed by atoms with Gasteiger partial charge in [0.05, 0.1) is 13.2 Å². The third-order valence-corrected chi connectivity index (χ3v) is 3.73. The van der Waals surface area contributed by atoms with Crippen LogP contribution in [0.15, 0.2) is 18.2 Å². The Bertz CT molecular complexity index is 479. The zero-order valence-electron chi connectivity index (χ0n) is 13.1. The zero-order valence-corrected chi connectivity index (χ0v) is 13.1. The van der Waals surface area contributed by atoms with Crippen LogP contribution < -0.4 is 14.8 Å². The molecule has 0 atom stereocenters. The molecule has 1 saturated carbocycles. The largest absolute Gasteiger partial charge is 0.493 e. The van der Waals surface area contributed by atoms with Gasteiger partial charge in [-0.05, 0) is 44.9 Å². The minimum Gasteiger partial charge on any atom is -0.493 e. The van der Waals surface area contributed by atoms with Gasteiger partial charge in [-0.2, -0.15) is 0 Å². The summed E-state index contributed by atoms with van der Waals surface area (Å²) < 4.78 is 11.0. The second kappa shape index (κ2) is 7.34. The number of methoxy groups -OCH3 is 1.